The molecule has 2 aliphatic rings. The standard InChI is InChI=1S/C19H20N4O4/c1-2-26-18(24)14-7-5-9-21-17(14)22-11-15-16(12-22)27-19(25)23(15)10-13-6-3-4-8-20-13/h3-9,15-16H,2,10-12H2,1H3/t15-,16+/m1/s1. The molecule has 2 aromatic heterocycles. The molecule has 8 nitrogen and oxygen atoms in total. The van der Waals surface area contributed by atoms with Gasteiger partial charge in [0, 0.05) is 18.9 Å². The number of fused-ring (bicyclic) bond motifs is 1. The first-order valence-corrected chi connectivity index (χ1v) is 8.91. The lowest BCUT2D eigenvalue weighted by atomic mass is 10.2. The zero-order chi connectivity index (χ0) is 18.8. The van der Waals surface area contributed by atoms with Gasteiger partial charge in [-0.2, -0.15) is 0 Å². The van der Waals surface area contributed by atoms with Crippen LogP contribution in [0.2, 0.25) is 0 Å². The van der Waals surface area contributed by atoms with Crippen LogP contribution in [0.15, 0.2) is 42.7 Å². The van der Waals surface area contributed by atoms with E-state index in [9.17, 15) is 9.59 Å². The minimum absolute atomic E-state index is 0.114. The van der Waals surface area contributed by atoms with Gasteiger partial charge in [0.05, 0.1) is 31.4 Å². The monoisotopic (exact) mass is 368 g/mol. The van der Waals surface area contributed by atoms with Crippen LogP contribution in [0.25, 0.3) is 0 Å². The van der Waals surface area contributed by atoms with Crippen LogP contribution >= 0.6 is 0 Å². The average Bonchev–Trinajstić information content (AvgIpc) is 3.21. The van der Waals surface area contributed by atoms with Gasteiger partial charge < -0.3 is 14.4 Å². The molecule has 0 spiro atoms. The van der Waals surface area contributed by atoms with Gasteiger partial charge in [-0.1, -0.05) is 6.07 Å². The summed E-state index contributed by atoms with van der Waals surface area (Å²) in [6, 6.07) is 8.90. The smallest absolute Gasteiger partial charge is 0.410 e. The fourth-order valence-corrected chi connectivity index (χ4v) is 3.54. The number of rotatable bonds is 5. The number of anilines is 1. The Morgan fingerprint density at radius 2 is 2.07 bits per heavy atom. The van der Waals surface area contributed by atoms with Crippen molar-refractivity contribution in [3.63, 3.8) is 0 Å². The summed E-state index contributed by atoms with van der Waals surface area (Å²) >= 11 is 0. The molecule has 2 fully saturated rings. The number of ether oxygens (including phenoxy) is 2. The predicted molar refractivity (Wildman–Crippen MR) is 96.2 cm³/mol. The van der Waals surface area contributed by atoms with Gasteiger partial charge in [0.2, 0.25) is 0 Å². The molecule has 0 aliphatic carbocycles. The summed E-state index contributed by atoms with van der Waals surface area (Å²) in [5.41, 5.74) is 1.22. The molecule has 140 valence electrons. The second-order valence-corrected chi connectivity index (χ2v) is 6.44. The SMILES string of the molecule is CCOC(=O)c1cccnc1N1C[C@@H]2OC(=O)N(Cc3ccccn3)[C@@H]2C1. The van der Waals surface area contributed by atoms with Crippen molar-refractivity contribution in [2.24, 2.45) is 0 Å². The van der Waals surface area contributed by atoms with Crippen LogP contribution in [0.3, 0.4) is 0 Å². The Hall–Kier alpha value is -3.16. The molecule has 0 N–H and O–H groups in total. The Morgan fingerprint density at radius 3 is 2.85 bits per heavy atom. The molecule has 27 heavy (non-hydrogen) atoms. The number of nitrogens with zero attached hydrogens (tertiary/aromatic N) is 4. The van der Waals surface area contributed by atoms with Crippen molar-refractivity contribution < 1.29 is 19.1 Å². The van der Waals surface area contributed by atoms with Crippen LogP contribution in [0.1, 0.15) is 23.0 Å². The molecule has 2 saturated heterocycles. The molecule has 0 radical (unpaired) electrons. The summed E-state index contributed by atoms with van der Waals surface area (Å²) in [6.07, 6.45) is 2.75. The van der Waals surface area contributed by atoms with E-state index in [-0.39, 0.29) is 18.2 Å². The molecule has 4 rings (SSSR count). The van der Waals surface area contributed by atoms with Gasteiger partial charge in [-0.25, -0.2) is 14.6 Å². The van der Waals surface area contributed by atoms with E-state index in [4.69, 9.17) is 9.47 Å². The van der Waals surface area contributed by atoms with E-state index in [1.54, 1.807) is 36.4 Å². The van der Waals surface area contributed by atoms with Gasteiger partial charge in [0.15, 0.2) is 0 Å². The van der Waals surface area contributed by atoms with Gasteiger partial charge in [0.25, 0.3) is 0 Å². The van der Waals surface area contributed by atoms with Crippen molar-refractivity contribution >= 4 is 17.9 Å². The summed E-state index contributed by atoms with van der Waals surface area (Å²) in [5.74, 6) is 0.152. The summed E-state index contributed by atoms with van der Waals surface area (Å²) in [6.45, 7) is 3.48. The van der Waals surface area contributed by atoms with Gasteiger partial charge >= 0.3 is 12.1 Å². The molecule has 2 atom stereocenters. The van der Waals surface area contributed by atoms with Crippen LogP contribution in [-0.2, 0) is 16.0 Å². The summed E-state index contributed by atoms with van der Waals surface area (Å²) < 4.78 is 10.7. The second-order valence-electron chi connectivity index (χ2n) is 6.44. The largest absolute Gasteiger partial charge is 0.462 e. The highest BCUT2D eigenvalue weighted by molar-refractivity contribution is 5.95. The summed E-state index contributed by atoms with van der Waals surface area (Å²) in [4.78, 5) is 36.8. The number of esters is 1. The van der Waals surface area contributed by atoms with E-state index in [0.29, 0.717) is 37.6 Å². The van der Waals surface area contributed by atoms with Crippen molar-refractivity contribution in [3.8, 4) is 0 Å². The number of aromatic nitrogens is 2. The molecule has 0 unspecified atom stereocenters. The molecule has 1 amide bonds. The van der Waals surface area contributed by atoms with Crippen molar-refractivity contribution in [1.29, 1.82) is 0 Å². The highest BCUT2D eigenvalue weighted by Gasteiger charge is 2.48. The lowest BCUT2D eigenvalue weighted by Gasteiger charge is -2.23. The number of pyridine rings is 2. The van der Waals surface area contributed by atoms with E-state index in [1.807, 2.05) is 23.1 Å². The number of amides is 1. The quantitative estimate of drug-likeness (QED) is 0.745. The molecule has 0 aromatic carbocycles. The van der Waals surface area contributed by atoms with E-state index < -0.39 is 5.97 Å². The fourth-order valence-electron chi connectivity index (χ4n) is 3.54. The maximum atomic E-state index is 12.3. The minimum atomic E-state index is -0.403. The molecular weight excluding hydrogens is 348 g/mol. The first kappa shape index (κ1) is 17.3. The minimum Gasteiger partial charge on any atom is -0.462 e. The number of hydrogen-bond donors (Lipinski definition) is 0. The molecule has 2 aliphatic heterocycles. The van der Waals surface area contributed by atoms with Crippen molar-refractivity contribution in [2.45, 2.75) is 25.6 Å². The van der Waals surface area contributed by atoms with Crippen molar-refractivity contribution in [2.75, 3.05) is 24.6 Å². The third-order valence-electron chi connectivity index (χ3n) is 4.76. The highest BCUT2D eigenvalue weighted by Crippen LogP contribution is 2.32. The predicted octanol–water partition coefficient (Wildman–Crippen LogP) is 1.86. The van der Waals surface area contributed by atoms with Gasteiger partial charge in [-0.05, 0) is 31.2 Å². The van der Waals surface area contributed by atoms with Crippen LogP contribution < -0.4 is 4.90 Å². The third kappa shape index (κ3) is 3.30. The fraction of sp³-hybridized carbons (Fsp3) is 0.368. The first-order valence-electron chi connectivity index (χ1n) is 8.91. The Bertz CT molecular complexity index is 845. The first-order chi connectivity index (χ1) is 13.2. The highest BCUT2D eigenvalue weighted by atomic mass is 16.6. The molecular formula is C19H20N4O4. The molecule has 0 saturated carbocycles. The topological polar surface area (TPSA) is 84.9 Å². The average molecular weight is 368 g/mol. The molecule has 4 heterocycles. The Balaban J connectivity index is 1.54. The Morgan fingerprint density at radius 1 is 1.22 bits per heavy atom. The van der Waals surface area contributed by atoms with Gasteiger partial charge in [-0.3, -0.25) is 9.88 Å². The van der Waals surface area contributed by atoms with Gasteiger partial charge in [0.1, 0.15) is 17.5 Å². The number of carbonyl (C=O) groups is 2. The van der Waals surface area contributed by atoms with E-state index in [0.717, 1.165) is 5.69 Å². The molecule has 2 aromatic rings. The molecule has 8 heteroatoms. The second kappa shape index (κ2) is 7.22. The zero-order valence-corrected chi connectivity index (χ0v) is 14.9. The summed E-state index contributed by atoms with van der Waals surface area (Å²) in [5, 5.41) is 0. The number of hydrogen-bond acceptors (Lipinski definition) is 7. The van der Waals surface area contributed by atoms with Crippen LogP contribution in [0.4, 0.5) is 10.6 Å². The lowest BCUT2D eigenvalue weighted by molar-refractivity contribution is 0.0526. The third-order valence-corrected chi connectivity index (χ3v) is 4.76. The van der Waals surface area contributed by atoms with Crippen molar-refractivity contribution in [1.82, 2.24) is 14.9 Å². The summed E-state index contributed by atoms with van der Waals surface area (Å²) in [7, 11) is 0. The van der Waals surface area contributed by atoms with Crippen LogP contribution in [0, 0.1) is 0 Å². The van der Waals surface area contributed by atoms with Crippen LogP contribution in [-0.4, -0.2) is 58.8 Å². The van der Waals surface area contributed by atoms with E-state index >= 15 is 0 Å². The normalized spacial score (nSPS) is 21.1. The van der Waals surface area contributed by atoms with E-state index in [1.165, 1.54) is 0 Å². The maximum absolute atomic E-state index is 12.3. The Labute approximate surface area is 156 Å². The maximum Gasteiger partial charge on any atom is 0.410 e. The van der Waals surface area contributed by atoms with E-state index in [2.05, 4.69) is 9.97 Å². The molecule has 0 bridgehead atoms. The van der Waals surface area contributed by atoms with Crippen LogP contribution in [0.5, 0.6) is 0 Å². The number of carbonyl (C=O) groups excluding carboxylic acids is 2. The Kier molecular flexibility index (Phi) is 4.62. The van der Waals surface area contributed by atoms with Crippen molar-refractivity contribution in [3.05, 3.63) is 54.0 Å². The zero-order valence-electron chi connectivity index (χ0n) is 14.9. The lowest BCUT2D eigenvalue weighted by Crippen LogP contribution is -2.38. The van der Waals surface area contributed by atoms with Gasteiger partial charge in [-0.15, -0.1) is 0 Å².